The number of benzene rings is 1. The Labute approximate surface area is 173 Å². The monoisotopic (exact) mass is 419 g/mol. The van der Waals surface area contributed by atoms with E-state index < -0.39 is 0 Å². The fraction of sp³-hybridized carbons (Fsp3) is 0.400. The lowest BCUT2D eigenvalue weighted by Gasteiger charge is -2.35. The van der Waals surface area contributed by atoms with E-state index in [4.69, 9.17) is 4.98 Å². The molecule has 2 aliphatic heterocycles. The summed E-state index contributed by atoms with van der Waals surface area (Å²) in [4.78, 5) is 21.6. The van der Waals surface area contributed by atoms with Crippen molar-refractivity contribution in [1.29, 1.82) is 0 Å². The lowest BCUT2D eigenvalue weighted by atomic mass is 9.98. The van der Waals surface area contributed by atoms with Crippen molar-refractivity contribution in [1.82, 2.24) is 15.2 Å². The van der Waals surface area contributed by atoms with E-state index in [2.05, 4.69) is 11.4 Å². The molecule has 2 bridgehead atoms. The van der Waals surface area contributed by atoms with Crippen LogP contribution >= 0.6 is 35.1 Å². The number of carbonyl (C=O) groups excluding carboxylic acids is 1. The topological polar surface area (TPSA) is 45.2 Å². The Bertz CT molecular complexity index is 924. The van der Waals surface area contributed by atoms with Crippen molar-refractivity contribution in [2.24, 2.45) is 0 Å². The summed E-state index contributed by atoms with van der Waals surface area (Å²) in [6, 6.07) is 13.7. The van der Waals surface area contributed by atoms with Gasteiger partial charge >= 0.3 is 0 Å². The predicted octanol–water partition coefficient (Wildman–Crippen LogP) is 4.80. The smallest absolute Gasteiger partial charge is 0.263 e. The molecule has 1 amide bonds. The maximum Gasteiger partial charge on any atom is 0.263 e. The Hall–Kier alpha value is -1.47. The molecule has 2 aromatic heterocycles. The molecule has 2 unspecified atom stereocenters. The van der Waals surface area contributed by atoms with Gasteiger partial charge in [-0.15, -0.1) is 35.1 Å². The third kappa shape index (κ3) is 3.51. The van der Waals surface area contributed by atoms with Crippen LogP contribution in [0.3, 0.4) is 0 Å². The molecule has 3 aromatic rings. The summed E-state index contributed by atoms with van der Waals surface area (Å²) in [7, 11) is 1.97. The SMILES string of the molecule is CN(C(=O)c1ccc(-c2nc3ccccc3s2)s1)C1CC2CCC(C1)N2.Cl. The zero-order chi connectivity index (χ0) is 17.7. The van der Waals surface area contributed by atoms with Gasteiger partial charge in [-0.2, -0.15) is 0 Å². The van der Waals surface area contributed by atoms with Gasteiger partial charge in [0.25, 0.3) is 5.91 Å². The molecule has 0 spiro atoms. The van der Waals surface area contributed by atoms with Crippen molar-refractivity contribution in [3.63, 3.8) is 0 Å². The second-order valence-electron chi connectivity index (χ2n) is 7.33. The van der Waals surface area contributed by atoms with Crippen LogP contribution in [0.1, 0.15) is 35.4 Å². The summed E-state index contributed by atoms with van der Waals surface area (Å²) in [6.45, 7) is 0. The molecule has 0 saturated carbocycles. The maximum atomic E-state index is 13.0. The highest BCUT2D eigenvalue weighted by Crippen LogP contribution is 2.35. The standard InChI is InChI=1S/C20H21N3OS2.ClH/c1-23(14-10-12-6-7-13(11-14)21-12)20(24)18-9-8-17(25-18)19-22-15-4-2-3-5-16(15)26-19;/h2-5,8-9,12-14,21H,6-7,10-11H2,1H3;1H. The quantitative estimate of drug-likeness (QED) is 0.663. The summed E-state index contributed by atoms with van der Waals surface area (Å²) in [5.41, 5.74) is 1.02. The number of fused-ring (bicyclic) bond motifs is 3. The highest BCUT2D eigenvalue weighted by Gasteiger charge is 2.36. The normalized spacial score (nSPS) is 24.0. The number of hydrogen-bond donors (Lipinski definition) is 1. The minimum absolute atomic E-state index is 0. The number of para-hydroxylation sites is 1. The lowest BCUT2D eigenvalue weighted by molar-refractivity contribution is 0.0686. The van der Waals surface area contributed by atoms with E-state index in [9.17, 15) is 4.79 Å². The van der Waals surface area contributed by atoms with E-state index in [0.717, 1.165) is 33.1 Å². The van der Waals surface area contributed by atoms with Crippen LogP contribution in [0.2, 0.25) is 0 Å². The molecule has 2 saturated heterocycles. The van der Waals surface area contributed by atoms with Gasteiger partial charge in [-0.3, -0.25) is 4.79 Å². The fourth-order valence-electron chi connectivity index (χ4n) is 4.23. The van der Waals surface area contributed by atoms with Gasteiger partial charge in [0.15, 0.2) is 0 Å². The molecule has 7 heteroatoms. The zero-order valence-corrected chi connectivity index (χ0v) is 17.5. The van der Waals surface area contributed by atoms with Gasteiger partial charge < -0.3 is 10.2 Å². The minimum atomic E-state index is 0. The summed E-state index contributed by atoms with van der Waals surface area (Å²) in [5, 5.41) is 4.65. The molecule has 1 aromatic carbocycles. The second-order valence-corrected chi connectivity index (χ2v) is 9.44. The van der Waals surface area contributed by atoms with Crippen molar-refractivity contribution >= 4 is 51.2 Å². The number of thiophene rings is 1. The van der Waals surface area contributed by atoms with Crippen molar-refractivity contribution < 1.29 is 4.79 Å². The van der Waals surface area contributed by atoms with Crippen molar-refractivity contribution in [3.8, 4) is 9.88 Å². The summed E-state index contributed by atoms with van der Waals surface area (Å²) >= 11 is 3.25. The number of hydrogen-bond acceptors (Lipinski definition) is 5. The van der Waals surface area contributed by atoms with Gasteiger partial charge in [0.05, 0.1) is 20.0 Å². The van der Waals surface area contributed by atoms with E-state index >= 15 is 0 Å². The zero-order valence-electron chi connectivity index (χ0n) is 15.1. The van der Waals surface area contributed by atoms with Gasteiger partial charge in [-0.05, 0) is 49.9 Å². The predicted molar refractivity (Wildman–Crippen MR) is 115 cm³/mol. The first kappa shape index (κ1) is 18.9. The molecular weight excluding hydrogens is 398 g/mol. The first-order valence-corrected chi connectivity index (χ1v) is 10.8. The molecular formula is C20H22ClN3OS2. The molecule has 2 aliphatic rings. The van der Waals surface area contributed by atoms with E-state index in [1.807, 2.05) is 42.3 Å². The number of thiazole rings is 1. The molecule has 2 fully saturated rings. The molecule has 5 rings (SSSR count). The third-order valence-electron chi connectivity index (χ3n) is 5.64. The van der Waals surface area contributed by atoms with Crippen LogP contribution in [0.5, 0.6) is 0 Å². The van der Waals surface area contributed by atoms with E-state index in [1.165, 1.54) is 17.5 Å². The fourth-order valence-corrected chi connectivity index (χ4v) is 6.24. The summed E-state index contributed by atoms with van der Waals surface area (Å²) < 4.78 is 1.19. The van der Waals surface area contributed by atoms with Crippen molar-refractivity contribution in [2.75, 3.05) is 7.05 Å². The van der Waals surface area contributed by atoms with Gasteiger partial charge in [-0.25, -0.2) is 4.98 Å². The first-order chi connectivity index (χ1) is 12.7. The second kappa shape index (κ2) is 7.51. The average molecular weight is 420 g/mol. The van der Waals surface area contributed by atoms with Crippen LogP contribution in [-0.2, 0) is 0 Å². The van der Waals surface area contributed by atoms with Crippen LogP contribution in [0.4, 0.5) is 0 Å². The summed E-state index contributed by atoms with van der Waals surface area (Å²) in [6.07, 6.45) is 4.66. The van der Waals surface area contributed by atoms with Gasteiger partial charge in [0.2, 0.25) is 0 Å². The van der Waals surface area contributed by atoms with Crippen molar-refractivity contribution in [2.45, 2.75) is 43.8 Å². The van der Waals surface area contributed by atoms with Crippen LogP contribution in [0.15, 0.2) is 36.4 Å². The third-order valence-corrected chi connectivity index (χ3v) is 7.92. The van der Waals surface area contributed by atoms with Crippen molar-refractivity contribution in [3.05, 3.63) is 41.3 Å². The first-order valence-electron chi connectivity index (χ1n) is 9.16. The lowest BCUT2D eigenvalue weighted by Crippen LogP contribution is -2.48. The van der Waals surface area contributed by atoms with Crippen LogP contribution in [0, 0.1) is 0 Å². The van der Waals surface area contributed by atoms with E-state index in [-0.39, 0.29) is 18.3 Å². The number of halogens is 1. The number of amides is 1. The molecule has 27 heavy (non-hydrogen) atoms. The van der Waals surface area contributed by atoms with Gasteiger partial charge in [-0.1, -0.05) is 12.1 Å². The Morgan fingerprint density at radius 2 is 1.85 bits per heavy atom. The molecule has 4 nitrogen and oxygen atoms in total. The Morgan fingerprint density at radius 1 is 1.11 bits per heavy atom. The molecule has 0 radical (unpaired) electrons. The van der Waals surface area contributed by atoms with Crippen LogP contribution < -0.4 is 5.32 Å². The van der Waals surface area contributed by atoms with E-state index in [0.29, 0.717) is 18.1 Å². The molecule has 0 aliphatic carbocycles. The Kier molecular flexibility index (Phi) is 5.25. The van der Waals surface area contributed by atoms with E-state index in [1.54, 1.807) is 22.7 Å². The van der Waals surface area contributed by atoms with Gasteiger partial charge in [0, 0.05) is 25.2 Å². The Balaban J connectivity index is 0.00000180. The number of piperidine rings is 1. The molecule has 2 atom stereocenters. The highest BCUT2D eigenvalue weighted by atomic mass is 35.5. The van der Waals surface area contributed by atoms with Crippen LogP contribution in [0.25, 0.3) is 20.1 Å². The highest BCUT2D eigenvalue weighted by molar-refractivity contribution is 7.26. The molecule has 4 heterocycles. The number of nitrogens with zero attached hydrogens (tertiary/aromatic N) is 2. The Morgan fingerprint density at radius 3 is 2.59 bits per heavy atom. The number of nitrogens with one attached hydrogen (secondary N) is 1. The molecule has 1 N–H and O–H groups in total. The van der Waals surface area contributed by atoms with Gasteiger partial charge in [0.1, 0.15) is 5.01 Å². The largest absolute Gasteiger partial charge is 0.338 e. The minimum Gasteiger partial charge on any atom is -0.338 e. The average Bonchev–Trinajstić information content (AvgIpc) is 3.38. The van der Waals surface area contributed by atoms with Crippen LogP contribution in [-0.4, -0.2) is 41.0 Å². The molecule has 142 valence electrons. The number of rotatable bonds is 3. The number of aromatic nitrogens is 1. The summed E-state index contributed by atoms with van der Waals surface area (Å²) in [5.74, 6) is 0.147. The maximum absolute atomic E-state index is 13.0. The number of carbonyl (C=O) groups is 1.